The van der Waals surface area contributed by atoms with E-state index in [0.29, 0.717) is 18.2 Å². The van der Waals surface area contributed by atoms with Crippen molar-refractivity contribution in [1.82, 2.24) is 4.98 Å². The van der Waals surface area contributed by atoms with Gasteiger partial charge in [-0.1, -0.05) is 6.42 Å². The van der Waals surface area contributed by atoms with Crippen LogP contribution in [0, 0.1) is 11.3 Å². The number of nitriles is 1. The summed E-state index contributed by atoms with van der Waals surface area (Å²) in [6.07, 6.45) is 3.01. The minimum Gasteiger partial charge on any atom is -0.369 e. The molecule has 27 heavy (non-hydrogen) atoms. The molecule has 1 aromatic heterocycles. The van der Waals surface area contributed by atoms with E-state index < -0.39 is 11.7 Å². The van der Waals surface area contributed by atoms with Crippen molar-refractivity contribution >= 4 is 5.69 Å². The largest absolute Gasteiger partial charge is 0.417 e. The van der Waals surface area contributed by atoms with Crippen LogP contribution in [0.3, 0.4) is 0 Å². The third-order valence-corrected chi connectivity index (χ3v) is 5.37. The molecule has 1 aliphatic carbocycles. The molecule has 0 saturated heterocycles. The average molecular weight is 373 g/mol. The van der Waals surface area contributed by atoms with Crippen LogP contribution in [-0.4, -0.2) is 17.6 Å². The van der Waals surface area contributed by atoms with E-state index >= 15 is 0 Å². The Morgan fingerprint density at radius 3 is 2.56 bits per heavy atom. The van der Waals surface area contributed by atoms with Crippen LogP contribution in [0.5, 0.6) is 0 Å². The zero-order valence-electron chi connectivity index (χ0n) is 15.2. The van der Waals surface area contributed by atoms with Gasteiger partial charge in [0, 0.05) is 30.7 Å². The average Bonchev–Trinajstić information content (AvgIpc) is 2.69. The smallest absolute Gasteiger partial charge is 0.369 e. The summed E-state index contributed by atoms with van der Waals surface area (Å²) in [6.45, 7) is 2.58. The second-order valence-corrected chi connectivity index (χ2v) is 6.92. The molecule has 0 bridgehead atoms. The first kappa shape index (κ1) is 19.2. The van der Waals surface area contributed by atoms with E-state index in [0.717, 1.165) is 31.7 Å². The van der Waals surface area contributed by atoms with E-state index in [1.165, 1.54) is 11.6 Å². The molecule has 0 unspecified atom stereocenters. The van der Waals surface area contributed by atoms with E-state index in [4.69, 9.17) is 5.26 Å². The minimum atomic E-state index is -4.54. The molecule has 3 nitrogen and oxygen atoms in total. The first-order chi connectivity index (χ1) is 12.9. The van der Waals surface area contributed by atoms with Gasteiger partial charge in [0.15, 0.2) is 0 Å². The summed E-state index contributed by atoms with van der Waals surface area (Å²) >= 11 is 0. The number of aromatic nitrogens is 1. The molecule has 1 heterocycles. The van der Waals surface area contributed by atoms with Crippen molar-refractivity contribution in [2.24, 2.45) is 0 Å². The number of alkyl halides is 3. The van der Waals surface area contributed by atoms with Gasteiger partial charge in [0.05, 0.1) is 17.2 Å². The number of pyridine rings is 1. The van der Waals surface area contributed by atoms with Crippen molar-refractivity contribution < 1.29 is 13.2 Å². The molecule has 6 heteroatoms. The fraction of sp³-hybridized carbons (Fsp3) is 0.429. The van der Waals surface area contributed by atoms with E-state index in [-0.39, 0.29) is 11.6 Å². The number of anilines is 1. The molecule has 0 spiro atoms. The summed E-state index contributed by atoms with van der Waals surface area (Å²) in [4.78, 5) is 6.11. The van der Waals surface area contributed by atoms with Crippen molar-refractivity contribution in [2.75, 3.05) is 11.4 Å². The summed E-state index contributed by atoms with van der Waals surface area (Å²) in [5, 5.41) is 9.01. The Bertz CT molecular complexity index is 812. The first-order valence-corrected chi connectivity index (χ1v) is 9.22. The van der Waals surface area contributed by atoms with Gasteiger partial charge < -0.3 is 4.90 Å². The molecule has 3 rings (SSSR count). The summed E-state index contributed by atoms with van der Waals surface area (Å²) in [7, 11) is 0. The van der Waals surface area contributed by atoms with Gasteiger partial charge in [-0.2, -0.15) is 18.4 Å². The predicted octanol–water partition coefficient (Wildman–Crippen LogP) is 5.52. The van der Waals surface area contributed by atoms with E-state index in [9.17, 15) is 13.2 Å². The maximum atomic E-state index is 13.3. The lowest BCUT2D eigenvalue weighted by molar-refractivity contribution is -0.137. The molecule has 1 fully saturated rings. The molecule has 0 amide bonds. The summed E-state index contributed by atoms with van der Waals surface area (Å²) in [5.41, 5.74) is 0.578. The Morgan fingerprint density at radius 1 is 1.19 bits per heavy atom. The predicted molar refractivity (Wildman–Crippen MR) is 98.4 cm³/mol. The Hall–Kier alpha value is -2.55. The standard InChI is InChI=1S/C21H22F3N3/c1-2-27(19-7-6-17(14-25)20(13-19)21(22,23)24)18-5-3-4-16(12-18)15-8-10-26-11-9-15/h6-11,13,16,18H,2-5,12H2,1H3/t16-,18+/m0/s1. The SMILES string of the molecule is CCN(c1ccc(C#N)c(C(F)(F)F)c1)[C@@H]1CCC[C@H](c2ccncc2)C1. The molecule has 0 radical (unpaired) electrons. The Morgan fingerprint density at radius 2 is 1.93 bits per heavy atom. The van der Waals surface area contributed by atoms with Gasteiger partial charge in [0.2, 0.25) is 0 Å². The molecule has 1 saturated carbocycles. The van der Waals surface area contributed by atoms with Gasteiger partial charge in [-0.25, -0.2) is 0 Å². The third-order valence-electron chi connectivity index (χ3n) is 5.37. The molecular formula is C21H22F3N3. The lowest BCUT2D eigenvalue weighted by Gasteiger charge is -2.39. The van der Waals surface area contributed by atoms with E-state index in [2.05, 4.69) is 4.98 Å². The zero-order chi connectivity index (χ0) is 19.4. The Kier molecular flexibility index (Phi) is 5.69. The first-order valence-electron chi connectivity index (χ1n) is 9.22. The number of hydrogen-bond acceptors (Lipinski definition) is 3. The lowest BCUT2D eigenvalue weighted by Crippen LogP contribution is -2.38. The molecule has 142 valence electrons. The van der Waals surface area contributed by atoms with Crippen LogP contribution in [0.15, 0.2) is 42.7 Å². The van der Waals surface area contributed by atoms with Crippen LogP contribution in [0.1, 0.15) is 55.2 Å². The highest BCUT2D eigenvalue weighted by Crippen LogP contribution is 2.39. The van der Waals surface area contributed by atoms with Gasteiger partial charge in [-0.15, -0.1) is 0 Å². The van der Waals surface area contributed by atoms with Gasteiger partial charge in [-0.3, -0.25) is 4.98 Å². The highest BCUT2D eigenvalue weighted by atomic mass is 19.4. The van der Waals surface area contributed by atoms with Crippen LogP contribution in [0.2, 0.25) is 0 Å². The van der Waals surface area contributed by atoms with E-state index in [1.807, 2.05) is 24.0 Å². The summed E-state index contributed by atoms with van der Waals surface area (Å²) in [6, 6.07) is 9.91. The molecular weight excluding hydrogens is 351 g/mol. The van der Waals surface area contributed by atoms with Crippen molar-refractivity contribution in [2.45, 2.75) is 50.7 Å². The summed E-state index contributed by atoms with van der Waals surface area (Å²) in [5.74, 6) is 0.390. The molecule has 1 aliphatic rings. The Labute approximate surface area is 157 Å². The highest BCUT2D eigenvalue weighted by molar-refractivity contribution is 5.55. The minimum absolute atomic E-state index is 0.177. The van der Waals surface area contributed by atoms with Crippen molar-refractivity contribution in [3.05, 3.63) is 59.4 Å². The lowest BCUT2D eigenvalue weighted by atomic mass is 9.81. The van der Waals surface area contributed by atoms with Crippen LogP contribution < -0.4 is 4.90 Å². The van der Waals surface area contributed by atoms with Gasteiger partial charge in [-0.05, 0) is 68.0 Å². The number of hydrogen-bond donors (Lipinski definition) is 0. The Balaban J connectivity index is 1.87. The molecule has 2 aromatic rings. The number of rotatable bonds is 4. The normalized spacial score (nSPS) is 20.1. The quantitative estimate of drug-likeness (QED) is 0.708. The second kappa shape index (κ2) is 7.99. The van der Waals surface area contributed by atoms with Crippen molar-refractivity contribution in [3.63, 3.8) is 0 Å². The topological polar surface area (TPSA) is 39.9 Å². The molecule has 2 atom stereocenters. The van der Waals surface area contributed by atoms with Gasteiger partial charge in [0.25, 0.3) is 0 Å². The highest BCUT2D eigenvalue weighted by Gasteiger charge is 2.35. The van der Waals surface area contributed by atoms with Gasteiger partial charge in [0.1, 0.15) is 0 Å². The van der Waals surface area contributed by atoms with Crippen LogP contribution >= 0.6 is 0 Å². The van der Waals surface area contributed by atoms with Crippen molar-refractivity contribution in [1.29, 1.82) is 5.26 Å². The summed E-state index contributed by atoms with van der Waals surface area (Å²) < 4.78 is 40.0. The molecule has 0 aliphatic heterocycles. The number of benzene rings is 1. The monoisotopic (exact) mass is 373 g/mol. The maximum absolute atomic E-state index is 13.3. The maximum Gasteiger partial charge on any atom is 0.417 e. The second-order valence-electron chi connectivity index (χ2n) is 6.92. The molecule has 1 aromatic carbocycles. The van der Waals surface area contributed by atoms with Crippen LogP contribution in [-0.2, 0) is 6.18 Å². The van der Waals surface area contributed by atoms with Crippen LogP contribution in [0.4, 0.5) is 18.9 Å². The van der Waals surface area contributed by atoms with Crippen molar-refractivity contribution in [3.8, 4) is 6.07 Å². The zero-order valence-corrected chi connectivity index (χ0v) is 15.2. The fourth-order valence-corrected chi connectivity index (χ4v) is 4.08. The van der Waals surface area contributed by atoms with E-state index in [1.54, 1.807) is 24.5 Å². The molecule has 0 N–H and O–H groups in total. The number of nitrogens with zero attached hydrogens (tertiary/aromatic N) is 3. The van der Waals surface area contributed by atoms with Gasteiger partial charge >= 0.3 is 6.18 Å². The number of halogens is 3. The van der Waals surface area contributed by atoms with Crippen LogP contribution in [0.25, 0.3) is 0 Å². The fourth-order valence-electron chi connectivity index (χ4n) is 4.08. The third kappa shape index (κ3) is 4.24.